The molecular formula is C18H19ClN2O. The zero-order valence-corrected chi connectivity index (χ0v) is 13.3. The van der Waals surface area contributed by atoms with Crippen molar-refractivity contribution >= 4 is 23.3 Å². The van der Waals surface area contributed by atoms with E-state index in [1.165, 1.54) is 11.1 Å². The van der Waals surface area contributed by atoms with Crippen molar-refractivity contribution in [2.75, 3.05) is 11.9 Å². The fourth-order valence-electron chi connectivity index (χ4n) is 2.58. The van der Waals surface area contributed by atoms with E-state index < -0.39 is 0 Å². The molecule has 0 spiro atoms. The average molecular weight is 315 g/mol. The number of carbonyl (C=O) groups is 1. The molecule has 0 aliphatic heterocycles. The van der Waals surface area contributed by atoms with Gasteiger partial charge in [0.05, 0.1) is 0 Å². The Morgan fingerprint density at radius 3 is 2.32 bits per heavy atom. The van der Waals surface area contributed by atoms with Crippen molar-refractivity contribution in [3.8, 4) is 0 Å². The molecule has 1 saturated carbocycles. The van der Waals surface area contributed by atoms with Crippen LogP contribution in [0.3, 0.4) is 0 Å². The number of aryl methyl sites for hydroxylation is 1. The molecule has 3 rings (SSSR count). The number of carbonyl (C=O) groups excluding carboxylic acids is 1. The van der Waals surface area contributed by atoms with E-state index in [0.29, 0.717) is 6.54 Å². The fourth-order valence-corrected chi connectivity index (χ4v) is 2.71. The Morgan fingerprint density at radius 1 is 1.09 bits per heavy atom. The van der Waals surface area contributed by atoms with Crippen LogP contribution in [0.4, 0.5) is 10.5 Å². The summed E-state index contributed by atoms with van der Waals surface area (Å²) in [4.78, 5) is 12.0. The smallest absolute Gasteiger partial charge is 0.319 e. The van der Waals surface area contributed by atoms with Gasteiger partial charge in [-0.2, -0.15) is 0 Å². The number of nitrogens with one attached hydrogen (secondary N) is 2. The highest BCUT2D eigenvalue weighted by molar-refractivity contribution is 6.30. The van der Waals surface area contributed by atoms with Gasteiger partial charge in [-0.1, -0.05) is 41.4 Å². The third-order valence-electron chi connectivity index (χ3n) is 4.21. The average Bonchev–Trinajstić information content (AvgIpc) is 3.30. The highest BCUT2D eigenvalue weighted by atomic mass is 35.5. The molecular weight excluding hydrogens is 296 g/mol. The highest BCUT2D eigenvalue weighted by Crippen LogP contribution is 2.47. The molecule has 1 aliphatic carbocycles. The van der Waals surface area contributed by atoms with Crippen molar-refractivity contribution in [2.24, 2.45) is 0 Å². The third-order valence-corrected chi connectivity index (χ3v) is 4.46. The number of amides is 2. The number of halogens is 1. The topological polar surface area (TPSA) is 41.1 Å². The third kappa shape index (κ3) is 3.42. The Kier molecular flexibility index (Phi) is 4.08. The quantitative estimate of drug-likeness (QED) is 0.857. The maximum atomic E-state index is 12.0. The van der Waals surface area contributed by atoms with Gasteiger partial charge in [-0.15, -0.1) is 0 Å². The van der Waals surface area contributed by atoms with Crippen LogP contribution in [-0.2, 0) is 5.41 Å². The molecule has 2 aromatic rings. The number of benzene rings is 2. The number of urea groups is 1. The van der Waals surface area contributed by atoms with E-state index in [0.717, 1.165) is 23.6 Å². The number of hydrogen-bond acceptors (Lipinski definition) is 1. The normalized spacial score (nSPS) is 15.2. The van der Waals surface area contributed by atoms with Crippen LogP contribution >= 0.6 is 11.6 Å². The van der Waals surface area contributed by atoms with Gasteiger partial charge in [0.25, 0.3) is 0 Å². The summed E-state index contributed by atoms with van der Waals surface area (Å²) in [5, 5.41) is 6.58. The van der Waals surface area contributed by atoms with Gasteiger partial charge in [-0.3, -0.25) is 0 Å². The van der Waals surface area contributed by atoms with Crippen LogP contribution in [0.25, 0.3) is 0 Å². The summed E-state index contributed by atoms with van der Waals surface area (Å²) in [6.07, 6.45) is 2.19. The van der Waals surface area contributed by atoms with Crippen molar-refractivity contribution in [1.82, 2.24) is 5.32 Å². The molecule has 2 N–H and O–H groups in total. The van der Waals surface area contributed by atoms with Crippen LogP contribution in [-0.4, -0.2) is 12.6 Å². The molecule has 0 aromatic heterocycles. The van der Waals surface area contributed by atoms with Crippen molar-refractivity contribution in [2.45, 2.75) is 25.2 Å². The summed E-state index contributed by atoms with van der Waals surface area (Å²) in [5.41, 5.74) is 3.30. The van der Waals surface area contributed by atoms with Crippen molar-refractivity contribution in [1.29, 1.82) is 0 Å². The van der Waals surface area contributed by atoms with Crippen molar-refractivity contribution in [3.05, 3.63) is 64.7 Å². The first kappa shape index (κ1) is 14.9. The molecule has 2 amide bonds. The van der Waals surface area contributed by atoms with Crippen LogP contribution in [0.15, 0.2) is 48.5 Å². The van der Waals surface area contributed by atoms with Crippen molar-refractivity contribution in [3.63, 3.8) is 0 Å². The van der Waals surface area contributed by atoms with Crippen LogP contribution in [0.5, 0.6) is 0 Å². The zero-order valence-electron chi connectivity index (χ0n) is 12.5. The SMILES string of the molecule is Cc1ccc(NC(=O)NCC2(c3ccc(Cl)cc3)CC2)cc1. The van der Waals surface area contributed by atoms with Gasteiger partial charge in [0.1, 0.15) is 0 Å². The van der Waals surface area contributed by atoms with Gasteiger partial charge < -0.3 is 10.6 Å². The molecule has 1 fully saturated rings. The fraction of sp³-hybridized carbons (Fsp3) is 0.278. The maximum absolute atomic E-state index is 12.0. The molecule has 0 saturated heterocycles. The lowest BCUT2D eigenvalue weighted by atomic mass is 9.96. The molecule has 0 radical (unpaired) electrons. The summed E-state index contributed by atoms with van der Waals surface area (Å²) in [6.45, 7) is 2.67. The zero-order chi connectivity index (χ0) is 15.6. The van der Waals surface area contributed by atoms with Crippen LogP contribution in [0, 0.1) is 6.92 Å². The van der Waals surface area contributed by atoms with Crippen LogP contribution in [0.1, 0.15) is 24.0 Å². The second-order valence-corrected chi connectivity index (χ2v) is 6.40. The molecule has 4 heteroatoms. The van der Waals surface area contributed by atoms with E-state index in [1.54, 1.807) is 0 Å². The first-order valence-corrected chi connectivity index (χ1v) is 7.83. The number of hydrogen-bond donors (Lipinski definition) is 2. The lowest BCUT2D eigenvalue weighted by molar-refractivity contribution is 0.251. The van der Waals surface area contributed by atoms with E-state index >= 15 is 0 Å². The Morgan fingerprint density at radius 2 is 1.73 bits per heavy atom. The Hall–Kier alpha value is -2.00. The first-order valence-electron chi connectivity index (χ1n) is 7.45. The lowest BCUT2D eigenvalue weighted by Gasteiger charge is -2.17. The van der Waals surface area contributed by atoms with Gasteiger partial charge in [0.15, 0.2) is 0 Å². The number of rotatable bonds is 4. The van der Waals surface area contributed by atoms with Gasteiger partial charge in [-0.05, 0) is 49.6 Å². The summed E-state index contributed by atoms with van der Waals surface area (Å²) in [7, 11) is 0. The molecule has 2 aromatic carbocycles. The lowest BCUT2D eigenvalue weighted by Crippen LogP contribution is -2.35. The van der Waals surface area contributed by atoms with E-state index in [-0.39, 0.29) is 11.4 Å². The minimum absolute atomic E-state index is 0.0786. The predicted octanol–water partition coefficient (Wildman–Crippen LogP) is 4.50. The molecule has 0 atom stereocenters. The van der Waals surface area contributed by atoms with Gasteiger partial charge >= 0.3 is 6.03 Å². The monoisotopic (exact) mass is 314 g/mol. The molecule has 0 unspecified atom stereocenters. The second-order valence-electron chi connectivity index (χ2n) is 5.96. The minimum Gasteiger partial charge on any atom is -0.337 e. The van der Waals surface area contributed by atoms with Crippen molar-refractivity contribution < 1.29 is 4.79 Å². The Balaban J connectivity index is 1.56. The summed E-state index contributed by atoms with van der Waals surface area (Å²) in [6, 6.07) is 15.5. The van der Waals surface area contributed by atoms with Gasteiger partial charge in [0.2, 0.25) is 0 Å². The minimum atomic E-state index is -0.163. The van der Waals surface area contributed by atoms with Gasteiger partial charge in [0, 0.05) is 22.7 Å². The maximum Gasteiger partial charge on any atom is 0.319 e. The van der Waals surface area contributed by atoms with E-state index in [1.807, 2.05) is 43.3 Å². The van der Waals surface area contributed by atoms with E-state index in [2.05, 4.69) is 22.8 Å². The first-order chi connectivity index (χ1) is 10.6. The Labute approximate surface area is 135 Å². The molecule has 3 nitrogen and oxygen atoms in total. The standard InChI is InChI=1S/C18H19ClN2O/c1-13-2-8-16(9-3-13)21-17(22)20-12-18(10-11-18)14-4-6-15(19)7-5-14/h2-9H,10-12H2,1H3,(H2,20,21,22). The predicted molar refractivity (Wildman–Crippen MR) is 90.6 cm³/mol. The summed E-state index contributed by atoms with van der Waals surface area (Å²) >= 11 is 5.93. The number of anilines is 1. The summed E-state index contributed by atoms with van der Waals surface area (Å²) < 4.78 is 0. The summed E-state index contributed by atoms with van der Waals surface area (Å²) in [5.74, 6) is 0. The van der Waals surface area contributed by atoms with Gasteiger partial charge in [-0.25, -0.2) is 4.79 Å². The molecule has 1 aliphatic rings. The molecule has 0 bridgehead atoms. The Bertz CT molecular complexity index is 660. The van der Waals surface area contributed by atoms with E-state index in [9.17, 15) is 4.79 Å². The highest BCUT2D eigenvalue weighted by Gasteiger charge is 2.44. The second kappa shape index (κ2) is 6.01. The molecule has 0 heterocycles. The largest absolute Gasteiger partial charge is 0.337 e. The molecule has 22 heavy (non-hydrogen) atoms. The van der Waals surface area contributed by atoms with E-state index in [4.69, 9.17) is 11.6 Å². The molecule has 114 valence electrons. The van der Waals surface area contributed by atoms with Crippen LogP contribution in [0.2, 0.25) is 5.02 Å². The van der Waals surface area contributed by atoms with Crippen LogP contribution < -0.4 is 10.6 Å².